The normalized spacial score (nSPS) is 16.6. The molecular weight excluding hydrogens is 314 g/mol. The van der Waals surface area contributed by atoms with Gasteiger partial charge in [-0.2, -0.15) is 0 Å². The number of nitrogens with one attached hydrogen (secondary N) is 3. The molecule has 1 aliphatic carbocycles. The molecule has 1 aliphatic rings. The summed E-state index contributed by atoms with van der Waals surface area (Å²) in [5.74, 6) is 1.23. The summed E-state index contributed by atoms with van der Waals surface area (Å²) in [6.45, 7) is 12.1. The highest BCUT2D eigenvalue weighted by Gasteiger charge is 2.20. The van der Waals surface area contributed by atoms with E-state index in [-0.39, 0.29) is 11.8 Å². The lowest BCUT2D eigenvalue weighted by atomic mass is 9.89. The lowest BCUT2D eigenvalue weighted by Crippen LogP contribution is -2.46. The molecule has 1 amide bonds. The van der Waals surface area contributed by atoms with Gasteiger partial charge in [-0.1, -0.05) is 19.3 Å². The second-order valence-corrected chi connectivity index (χ2v) is 7.48. The monoisotopic (exact) mass is 353 g/mol. The van der Waals surface area contributed by atoms with E-state index in [1.807, 2.05) is 0 Å². The van der Waals surface area contributed by atoms with Crippen LogP contribution in [0.2, 0.25) is 0 Å². The zero-order valence-corrected chi connectivity index (χ0v) is 16.9. The highest BCUT2D eigenvalue weighted by atomic mass is 16.1. The number of nitrogens with zero attached hydrogens (tertiary/aromatic N) is 2. The highest BCUT2D eigenvalue weighted by molar-refractivity contribution is 5.80. The Hall–Kier alpha value is -1.30. The molecule has 1 saturated carbocycles. The number of aliphatic imine (C=N–C) groups is 1. The van der Waals surface area contributed by atoms with Crippen molar-refractivity contribution in [1.29, 1.82) is 0 Å². The molecule has 0 aliphatic heterocycles. The van der Waals surface area contributed by atoms with Crippen molar-refractivity contribution in [3.8, 4) is 0 Å². The maximum atomic E-state index is 12.1. The second kappa shape index (κ2) is 12.1. The molecule has 6 nitrogen and oxygen atoms in total. The second-order valence-electron chi connectivity index (χ2n) is 7.48. The Kier molecular flexibility index (Phi) is 10.5. The van der Waals surface area contributed by atoms with E-state index < -0.39 is 0 Å². The molecule has 1 fully saturated rings. The van der Waals surface area contributed by atoms with Crippen molar-refractivity contribution in [1.82, 2.24) is 20.9 Å². The lowest BCUT2D eigenvalue weighted by Gasteiger charge is -2.30. The third kappa shape index (κ3) is 8.56. The van der Waals surface area contributed by atoms with Gasteiger partial charge in [0.1, 0.15) is 0 Å². The summed E-state index contributed by atoms with van der Waals surface area (Å²) in [6.07, 6.45) is 5.75. The summed E-state index contributed by atoms with van der Waals surface area (Å²) < 4.78 is 0. The molecule has 0 bridgehead atoms. The van der Waals surface area contributed by atoms with Crippen LogP contribution >= 0.6 is 0 Å². The van der Waals surface area contributed by atoms with Crippen LogP contribution in [-0.4, -0.2) is 62.1 Å². The molecule has 0 radical (unpaired) electrons. The van der Waals surface area contributed by atoms with Crippen LogP contribution in [0.1, 0.15) is 59.8 Å². The maximum Gasteiger partial charge on any atom is 0.223 e. The van der Waals surface area contributed by atoms with E-state index in [4.69, 9.17) is 0 Å². The van der Waals surface area contributed by atoms with Crippen molar-refractivity contribution in [3.63, 3.8) is 0 Å². The molecule has 0 saturated heterocycles. The molecule has 0 heterocycles. The average Bonchev–Trinajstić information content (AvgIpc) is 2.60. The van der Waals surface area contributed by atoms with E-state index in [1.165, 1.54) is 19.3 Å². The highest BCUT2D eigenvalue weighted by Crippen LogP contribution is 2.23. The van der Waals surface area contributed by atoms with Crippen LogP contribution in [0.4, 0.5) is 0 Å². The Labute approximate surface area is 154 Å². The van der Waals surface area contributed by atoms with E-state index >= 15 is 0 Å². The molecule has 0 aromatic carbocycles. The largest absolute Gasteiger partial charge is 0.355 e. The van der Waals surface area contributed by atoms with Crippen LogP contribution in [0.3, 0.4) is 0 Å². The Morgan fingerprint density at radius 1 is 0.960 bits per heavy atom. The first-order chi connectivity index (χ1) is 12.0. The first-order valence-electron chi connectivity index (χ1n) is 9.93. The summed E-state index contributed by atoms with van der Waals surface area (Å²) in [5.41, 5.74) is 0. The standard InChI is InChI=1S/C19H39N5O/c1-15(2)24(16(3)4)14-13-23-19(20-5)22-12-11-21-18(25)17-9-7-6-8-10-17/h15-17H,6-14H2,1-5H3,(H,21,25)(H2,20,22,23). The quantitative estimate of drug-likeness (QED) is 0.337. The Bertz CT molecular complexity index is 395. The lowest BCUT2D eigenvalue weighted by molar-refractivity contribution is -0.125. The summed E-state index contributed by atoms with van der Waals surface area (Å²) >= 11 is 0. The van der Waals surface area contributed by atoms with E-state index in [0.717, 1.165) is 31.9 Å². The van der Waals surface area contributed by atoms with Gasteiger partial charge < -0.3 is 16.0 Å². The van der Waals surface area contributed by atoms with Gasteiger partial charge in [0.05, 0.1) is 0 Å². The van der Waals surface area contributed by atoms with Crippen molar-refractivity contribution >= 4 is 11.9 Å². The van der Waals surface area contributed by atoms with Crippen LogP contribution in [0.5, 0.6) is 0 Å². The predicted octanol–water partition coefficient (Wildman–Crippen LogP) is 1.97. The van der Waals surface area contributed by atoms with Crippen LogP contribution in [0, 0.1) is 5.92 Å². The molecule has 0 aromatic rings. The summed E-state index contributed by atoms with van der Waals surface area (Å²) in [5, 5.41) is 9.65. The number of guanidine groups is 1. The molecule has 1 rings (SSSR count). The zero-order chi connectivity index (χ0) is 18.7. The fraction of sp³-hybridized carbons (Fsp3) is 0.895. The van der Waals surface area contributed by atoms with Crippen molar-refractivity contribution < 1.29 is 4.79 Å². The fourth-order valence-corrected chi connectivity index (χ4v) is 3.51. The third-order valence-corrected chi connectivity index (χ3v) is 4.91. The van der Waals surface area contributed by atoms with Crippen LogP contribution < -0.4 is 16.0 Å². The Balaban J connectivity index is 2.18. The van der Waals surface area contributed by atoms with Gasteiger partial charge in [0.15, 0.2) is 5.96 Å². The Morgan fingerprint density at radius 3 is 2.08 bits per heavy atom. The number of carbonyl (C=O) groups excluding carboxylic acids is 1. The van der Waals surface area contributed by atoms with Gasteiger partial charge in [0, 0.05) is 51.2 Å². The van der Waals surface area contributed by atoms with Gasteiger partial charge in [-0.25, -0.2) is 0 Å². The van der Waals surface area contributed by atoms with Crippen molar-refractivity contribution in [2.45, 2.75) is 71.9 Å². The minimum absolute atomic E-state index is 0.217. The van der Waals surface area contributed by atoms with Crippen molar-refractivity contribution in [2.24, 2.45) is 10.9 Å². The number of rotatable bonds is 9. The third-order valence-electron chi connectivity index (χ3n) is 4.91. The van der Waals surface area contributed by atoms with Crippen molar-refractivity contribution in [3.05, 3.63) is 0 Å². The van der Waals surface area contributed by atoms with E-state index in [1.54, 1.807) is 7.05 Å². The van der Waals surface area contributed by atoms with Crippen LogP contribution in [-0.2, 0) is 4.79 Å². The molecule has 3 N–H and O–H groups in total. The minimum atomic E-state index is 0.217. The van der Waals surface area contributed by atoms with Gasteiger partial charge in [-0.05, 0) is 40.5 Å². The van der Waals surface area contributed by atoms with Gasteiger partial charge in [0.25, 0.3) is 0 Å². The molecule has 0 atom stereocenters. The predicted molar refractivity (Wildman–Crippen MR) is 106 cm³/mol. The molecule has 0 spiro atoms. The SMILES string of the molecule is CN=C(NCCNC(=O)C1CCCCC1)NCCN(C(C)C)C(C)C. The molecule has 25 heavy (non-hydrogen) atoms. The average molecular weight is 354 g/mol. The topological polar surface area (TPSA) is 68.8 Å². The first kappa shape index (κ1) is 21.7. The maximum absolute atomic E-state index is 12.1. The van der Waals surface area contributed by atoms with Crippen LogP contribution in [0.15, 0.2) is 4.99 Å². The van der Waals surface area contributed by atoms with Gasteiger partial charge in [0.2, 0.25) is 5.91 Å². The van der Waals surface area contributed by atoms with E-state index in [2.05, 4.69) is 53.5 Å². The molecule has 146 valence electrons. The Morgan fingerprint density at radius 2 is 1.52 bits per heavy atom. The van der Waals surface area contributed by atoms with Gasteiger partial charge in [-0.15, -0.1) is 0 Å². The number of hydrogen-bond acceptors (Lipinski definition) is 3. The summed E-state index contributed by atoms with van der Waals surface area (Å²) in [6, 6.07) is 1.07. The molecule has 0 aromatic heterocycles. The smallest absolute Gasteiger partial charge is 0.223 e. The molecule has 0 unspecified atom stereocenters. The van der Waals surface area contributed by atoms with Gasteiger partial charge >= 0.3 is 0 Å². The van der Waals surface area contributed by atoms with Gasteiger partial charge in [-0.3, -0.25) is 14.7 Å². The summed E-state index contributed by atoms with van der Waals surface area (Å²) in [7, 11) is 1.78. The summed E-state index contributed by atoms with van der Waals surface area (Å²) in [4.78, 5) is 18.8. The molecule has 6 heteroatoms. The van der Waals surface area contributed by atoms with Crippen LogP contribution in [0.25, 0.3) is 0 Å². The minimum Gasteiger partial charge on any atom is -0.355 e. The number of amides is 1. The first-order valence-corrected chi connectivity index (χ1v) is 9.93. The zero-order valence-electron chi connectivity index (χ0n) is 16.9. The van der Waals surface area contributed by atoms with Crippen molar-refractivity contribution in [2.75, 3.05) is 33.2 Å². The fourth-order valence-electron chi connectivity index (χ4n) is 3.51. The molecular formula is C19H39N5O. The number of hydrogen-bond donors (Lipinski definition) is 3. The number of carbonyl (C=O) groups is 1. The van der Waals surface area contributed by atoms with E-state index in [0.29, 0.717) is 25.2 Å². The van der Waals surface area contributed by atoms with E-state index in [9.17, 15) is 4.79 Å².